The van der Waals surface area contributed by atoms with Crippen molar-refractivity contribution in [3.05, 3.63) is 63.3 Å². The van der Waals surface area contributed by atoms with Gasteiger partial charge in [-0.2, -0.15) is 0 Å². The first-order valence-corrected chi connectivity index (χ1v) is 10.3. The maximum absolute atomic E-state index is 12.3. The van der Waals surface area contributed by atoms with E-state index in [4.69, 9.17) is 21.3 Å². The van der Waals surface area contributed by atoms with E-state index in [9.17, 15) is 4.79 Å². The fraction of sp³-hybridized carbons (Fsp3) is 0.348. The number of carbonyl (C=O) groups excluding carboxylic acids is 1. The van der Waals surface area contributed by atoms with Gasteiger partial charge in [0.15, 0.2) is 6.79 Å². The summed E-state index contributed by atoms with van der Waals surface area (Å²) in [5.74, 6) is 0.334. The van der Waals surface area contributed by atoms with Gasteiger partial charge in [0.1, 0.15) is 23.7 Å². The molecule has 2 aliphatic rings. The lowest BCUT2D eigenvalue weighted by molar-refractivity contribution is -0.136. The summed E-state index contributed by atoms with van der Waals surface area (Å²) in [7, 11) is 0. The lowest BCUT2D eigenvalue weighted by Crippen LogP contribution is -2.46. The lowest BCUT2D eigenvalue weighted by Gasteiger charge is -2.30. The summed E-state index contributed by atoms with van der Waals surface area (Å²) in [6.07, 6.45) is 6.66. The number of aromatic nitrogens is 1. The average Bonchev–Trinajstić information content (AvgIpc) is 3.16. The van der Waals surface area contributed by atoms with Crippen molar-refractivity contribution in [2.24, 2.45) is 0 Å². The zero-order chi connectivity index (χ0) is 21.3. The van der Waals surface area contributed by atoms with E-state index >= 15 is 0 Å². The molecule has 6 nitrogen and oxygen atoms in total. The Labute approximate surface area is 180 Å². The van der Waals surface area contributed by atoms with Crippen LogP contribution in [0.3, 0.4) is 0 Å². The van der Waals surface area contributed by atoms with Gasteiger partial charge in [-0.05, 0) is 54.8 Å². The van der Waals surface area contributed by atoms with Crippen LogP contribution in [0, 0.1) is 0 Å². The van der Waals surface area contributed by atoms with Crippen molar-refractivity contribution in [2.45, 2.75) is 45.9 Å². The lowest BCUT2D eigenvalue weighted by atomic mass is 9.90. The standard InChI is InChI=1S/C23H25ClN2O4/c1-4-6-13(3)20-16(5-2)17-10-18(23(27)30-24)25-21(22(17)26-20)14-7-8-19-15(9-14)11-28-12-29-19/h4-9,18,21,25-26H,10-12H2,1-3H3/b6-4-,16-5-,20-13+/t18-,21-/m1/s1. The van der Waals surface area contributed by atoms with E-state index in [0.29, 0.717) is 13.0 Å². The fourth-order valence-corrected chi connectivity index (χ4v) is 4.42. The van der Waals surface area contributed by atoms with Crippen LogP contribution in [0.5, 0.6) is 5.75 Å². The molecule has 0 saturated heterocycles. The number of hydrogen-bond acceptors (Lipinski definition) is 5. The SMILES string of the molecule is C\C=C/C(C)=c1/[nH]c2c(/c1=C/C)C[C@H](C(=O)OCl)N[C@@H]2c1ccc2c(c1)COCO2. The van der Waals surface area contributed by atoms with Crippen molar-refractivity contribution < 1.29 is 18.6 Å². The van der Waals surface area contributed by atoms with E-state index in [2.05, 4.69) is 39.7 Å². The summed E-state index contributed by atoms with van der Waals surface area (Å²) in [6.45, 7) is 6.83. The topological polar surface area (TPSA) is 72.6 Å². The molecule has 2 aromatic rings. The number of benzene rings is 1. The molecule has 0 fully saturated rings. The Kier molecular flexibility index (Phi) is 5.99. The summed E-state index contributed by atoms with van der Waals surface area (Å²) in [4.78, 5) is 15.9. The van der Waals surface area contributed by atoms with Gasteiger partial charge in [0.2, 0.25) is 0 Å². The third kappa shape index (κ3) is 3.67. The van der Waals surface area contributed by atoms with Crippen LogP contribution in [0.1, 0.15) is 49.2 Å². The Bertz CT molecular complexity index is 1120. The van der Waals surface area contributed by atoms with Gasteiger partial charge in [0, 0.05) is 23.0 Å². The predicted octanol–water partition coefficient (Wildman–Crippen LogP) is 2.73. The van der Waals surface area contributed by atoms with Gasteiger partial charge in [-0.15, -0.1) is 0 Å². The van der Waals surface area contributed by atoms with Crippen molar-refractivity contribution in [2.75, 3.05) is 6.79 Å². The molecule has 158 valence electrons. The molecule has 0 unspecified atom stereocenters. The molecule has 3 heterocycles. The Morgan fingerprint density at radius 1 is 1.33 bits per heavy atom. The Balaban J connectivity index is 1.90. The molecule has 1 aromatic carbocycles. The molecule has 0 saturated carbocycles. The van der Waals surface area contributed by atoms with Gasteiger partial charge in [0.05, 0.1) is 12.6 Å². The van der Waals surface area contributed by atoms with Gasteiger partial charge in [-0.25, -0.2) is 4.79 Å². The first-order valence-electron chi connectivity index (χ1n) is 9.99. The van der Waals surface area contributed by atoms with Crippen LogP contribution in [0.25, 0.3) is 11.6 Å². The van der Waals surface area contributed by atoms with Crippen molar-refractivity contribution >= 4 is 29.5 Å². The smallest absolute Gasteiger partial charge is 0.341 e. The van der Waals surface area contributed by atoms with E-state index in [1.807, 2.05) is 32.1 Å². The van der Waals surface area contributed by atoms with E-state index in [1.165, 1.54) is 0 Å². The monoisotopic (exact) mass is 428 g/mol. The summed E-state index contributed by atoms with van der Waals surface area (Å²) < 4.78 is 15.5. The molecule has 0 amide bonds. The molecule has 7 heteroatoms. The second-order valence-electron chi connectivity index (χ2n) is 7.51. The Morgan fingerprint density at radius 2 is 2.17 bits per heavy atom. The third-order valence-electron chi connectivity index (χ3n) is 5.68. The highest BCUT2D eigenvalue weighted by molar-refractivity contribution is 6.13. The maximum atomic E-state index is 12.3. The number of halogens is 1. The van der Waals surface area contributed by atoms with Crippen LogP contribution in [-0.4, -0.2) is 23.8 Å². The van der Waals surface area contributed by atoms with E-state index in [0.717, 1.165) is 44.3 Å². The van der Waals surface area contributed by atoms with Gasteiger partial charge < -0.3 is 18.7 Å². The number of aromatic amines is 1. The zero-order valence-electron chi connectivity index (χ0n) is 17.3. The summed E-state index contributed by atoms with van der Waals surface area (Å²) >= 11 is 5.42. The molecule has 30 heavy (non-hydrogen) atoms. The number of carbonyl (C=O) groups is 1. The number of rotatable bonds is 3. The number of fused-ring (bicyclic) bond motifs is 2. The quantitative estimate of drug-likeness (QED) is 0.786. The minimum atomic E-state index is -0.548. The number of ether oxygens (including phenoxy) is 2. The molecule has 0 radical (unpaired) electrons. The minimum absolute atomic E-state index is 0.229. The highest BCUT2D eigenvalue weighted by Gasteiger charge is 2.35. The molecule has 1 aromatic heterocycles. The Morgan fingerprint density at radius 3 is 2.90 bits per heavy atom. The number of allylic oxidation sites excluding steroid dienone is 2. The fourth-order valence-electron chi connectivity index (χ4n) is 4.31. The van der Waals surface area contributed by atoms with Crippen molar-refractivity contribution in [1.29, 1.82) is 0 Å². The Hall–Kier alpha value is -2.54. The van der Waals surface area contributed by atoms with Gasteiger partial charge in [0.25, 0.3) is 0 Å². The van der Waals surface area contributed by atoms with Crippen LogP contribution < -0.4 is 20.6 Å². The molecule has 4 rings (SSSR count). The normalized spacial score (nSPS) is 22.3. The highest BCUT2D eigenvalue weighted by atomic mass is 35.5. The minimum Gasteiger partial charge on any atom is -0.467 e. The molecule has 0 bridgehead atoms. The molecule has 0 aliphatic carbocycles. The molecule has 2 atom stereocenters. The van der Waals surface area contributed by atoms with Crippen molar-refractivity contribution in [3.63, 3.8) is 0 Å². The molecule has 2 N–H and O–H groups in total. The largest absolute Gasteiger partial charge is 0.467 e. The van der Waals surface area contributed by atoms with E-state index in [-0.39, 0.29) is 12.8 Å². The molecule has 0 spiro atoms. The van der Waals surface area contributed by atoms with Gasteiger partial charge in [-0.3, -0.25) is 5.32 Å². The predicted molar refractivity (Wildman–Crippen MR) is 115 cm³/mol. The van der Waals surface area contributed by atoms with Crippen molar-refractivity contribution in [1.82, 2.24) is 10.3 Å². The highest BCUT2D eigenvalue weighted by Crippen LogP contribution is 2.32. The van der Waals surface area contributed by atoms with Gasteiger partial charge in [-0.1, -0.05) is 24.3 Å². The number of hydrogen-bond donors (Lipinski definition) is 2. The maximum Gasteiger partial charge on any atom is 0.341 e. The van der Waals surface area contributed by atoms with Crippen LogP contribution >= 0.6 is 11.9 Å². The molecule has 2 aliphatic heterocycles. The molecular formula is C23H25ClN2O4. The first kappa shape index (κ1) is 20.7. The molecular weight excluding hydrogens is 404 g/mol. The average molecular weight is 429 g/mol. The summed E-state index contributed by atoms with van der Waals surface area (Å²) in [5, 5.41) is 5.56. The van der Waals surface area contributed by atoms with Crippen LogP contribution in [0.2, 0.25) is 0 Å². The van der Waals surface area contributed by atoms with Crippen LogP contribution in [0.15, 0.2) is 30.4 Å². The van der Waals surface area contributed by atoms with Crippen molar-refractivity contribution in [3.8, 4) is 5.75 Å². The number of nitrogens with one attached hydrogen (secondary N) is 2. The van der Waals surface area contributed by atoms with Crippen LogP contribution in [-0.2, 0) is 26.8 Å². The third-order valence-corrected chi connectivity index (χ3v) is 5.83. The summed E-state index contributed by atoms with van der Waals surface area (Å²) in [5.41, 5.74) is 5.25. The van der Waals surface area contributed by atoms with E-state index in [1.54, 1.807) is 0 Å². The van der Waals surface area contributed by atoms with Gasteiger partial charge >= 0.3 is 5.97 Å². The second-order valence-corrected chi connectivity index (χ2v) is 7.66. The summed E-state index contributed by atoms with van der Waals surface area (Å²) in [6, 6.07) is 5.24. The zero-order valence-corrected chi connectivity index (χ0v) is 18.0. The van der Waals surface area contributed by atoms with E-state index < -0.39 is 12.0 Å². The second kappa shape index (κ2) is 8.68. The first-order chi connectivity index (χ1) is 14.6. The van der Waals surface area contributed by atoms with Crippen LogP contribution in [0.4, 0.5) is 0 Å². The number of H-pyrrole nitrogens is 1.